The summed E-state index contributed by atoms with van der Waals surface area (Å²) in [5.41, 5.74) is 4.18. The Morgan fingerprint density at radius 1 is 1.12 bits per heavy atom. The van der Waals surface area contributed by atoms with Crippen molar-refractivity contribution in [1.82, 2.24) is 24.4 Å². The Labute approximate surface area is 198 Å². The average molecular weight is 463 g/mol. The van der Waals surface area contributed by atoms with Gasteiger partial charge in [-0.1, -0.05) is 37.6 Å². The van der Waals surface area contributed by atoms with Gasteiger partial charge in [-0.2, -0.15) is 10.2 Å². The van der Waals surface area contributed by atoms with Crippen molar-refractivity contribution in [3.63, 3.8) is 0 Å². The molecular formula is C25H27ClN6O. The minimum atomic E-state index is 0.0290. The van der Waals surface area contributed by atoms with Crippen molar-refractivity contribution >= 4 is 28.7 Å². The van der Waals surface area contributed by atoms with Gasteiger partial charge in [0.25, 0.3) is 0 Å². The molecule has 4 heterocycles. The Bertz CT molecular complexity index is 1290. The van der Waals surface area contributed by atoms with Gasteiger partial charge in [-0.05, 0) is 35.6 Å². The fraction of sp³-hybridized carbons (Fsp3) is 0.360. The van der Waals surface area contributed by atoms with E-state index in [-0.39, 0.29) is 11.8 Å². The first-order chi connectivity index (χ1) is 15.9. The van der Waals surface area contributed by atoms with E-state index in [1.807, 2.05) is 54.4 Å². The number of benzene rings is 1. The zero-order valence-corrected chi connectivity index (χ0v) is 19.8. The Balaban J connectivity index is 1.29. The minimum Gasteiger partial charge on any atom is -0.353 e. The molecule has 0 spiro atoms. The van der Waals surface area contributed by atoms with Gasteiger partial charge in [0.1, 0.15) is 17.6 Å². The molecule has 0 amide bonds. The van der Waals surface area contributed by atoms with E-state index in [1.165, 1.54) is 5.56 Å². The van der Waals surface area contributed by atoms with Crippen molar-refractivity contribution in [1.29, 1.82) is 0 Å². The quantitative estimate of drug-likeness (QED) is 0.401. The van der Waals surface area contributed by atoms with Gasteiger partial charge in [0, 0.05) is 55.1 Å². The molecular weight excluding hydrogens is 436 g/mol. The molecule has 0 N–H and O–H groups in total. The van der Waals surface area contributed by atoms with Gasteiger partial charge in [-0.15, -0.1) is 0 Å². The predicted molar refractivity (Wildman–Crippen MR) is 130 cm³/mol. The van der Waals surface area contributed by atoms with Gasteiger partial charge in [0.05, 0.1) is 12.1 Å². The van der Waals surface area contributed by atoms with Crippen molar-refractivity contribution in [2.75, 3.05) is 18.0 Å². The van der Waals surface area contributed by atoms with E-state index in [1.54, 1.807) is 11.0 Å². The van der Waals surface area contributed by atoms with Crippen LogP contribution in [0.4, 0.5) is 5.82 Å². The lowest BCUT2D eigenvalue weighted by Crippen LogP contribution is -2.51. The van der Waals surface area contributed by atoms with Crippen molar-refractivity contribution in [2.24, 2.45) is 18.9 Å². The Morgan fingerprint density at radius 2 is 1.88 bits per heavy atom. The van der Waals surface area contributed by atoms with Gasteiger partial charge in [0.15, 0.2) is 5.82 Å². The molecule has 1 fully saturated rings. The molecule has 7 nitrogen and oxygen atoms in total. The maximum absolute atomic E-state index is 13.1. The monoisotopic (exact) mass is 462 g/mol. The fourth-order valence-corrected chi connectivity index (χ4v) is 4.70. The van der Waals surface area contributed by atoms with Gasteiger partial charge in [-0.3, -0.25) is 9.48 Å². The van der Waals surface area contributed by atoms with Gasteiger partial charge in [0.2, 0.25) is 0 Å². The number of hydrogen-bond acceptors (Lipinski definition) is 5. The van der Waals surface area contributed by atoms with E-state index in [9.17, 15) is 4.79 Å². The summed E-state index contributed by atoms with van der Waals surface area (Å²) in [6.07, 6.45) is 7.92. The van der Waals surface area contributed by atoms with Gasteiger partial charge >= 0.3 is 0 Å². The smallest absolute Gasteiger partial charge is 0.156 e. The van der Waals surface area contributed by atoms with Crippen molar-refractivity contribution in [2.45, 2.75) is 26.2 Å². The van der Waals surface area contributed by atoms with Crippen LogP contribution in [0.3, 0.4) is 0 Å². The predicted octanol–water partition coefficient (Wildman–Crippen LogP) is 4.62. The van der Waals surface area contributed by atoms with Crippen LogP contribution in [0.1, 0.15) is 31.7 Å². The third-order valence-corrected chi connectivity index (χ3v) is 6.84. The van der Waals surface area contributed by atoms with Crippen LogP contribution in [0.2, 0.25) is 5.02 Å². The molecule has 170 valence electrons. The third-order valence-electron chi connectivity index (χ3n) is 6.58. The van der Waals surface area contributed by atoms with E-state index in [0.29, 0.717) is 31.2 Å². The molecule has 1 atom stereocenters. The maximum atomic E-state index is 13.1. The van der Waals surface area contributed by atoms with Crippen LogP contribution in [0, 0.1) is 11.8 Å². The van der Waals surface area contributed by atoms with E-state index < -0.39 is 0 Å². The number of ketones is 1. The van der Waals surface area contributed by atoms with Crippen LogP contribution in [0.25, 0.3) is 16.6 Å². The highest BCUT2D eigenvalue weighted by Crippen LogP contribution is 2.34. The summed E-state index contributed by atoms with van der Waals surface area (Å²) in [6.45, 7) is 5.71. The molecule has 1 saturated heterocycles. The zero-order chi connectivity index (χ0) is 23.1. The Kier molecular flexibility index (Phi) is 5.66. The fourth-order valence-electron chi connectivity index (χ4n) is 4.58. The second-order valence-corrected chi connectivity index (χ2v) is 9.66. The summed E-state index contributed by atoms with van der Waals surface area (Å²) in [5, 5.41) is 9.34. The number of halogens is 1. The Morgan fingerprint density at radius 3 is 2.55 bits per heavy atom. The second-order valence-electron chi connectivity index (χ2n) is 9.22. The first kappa shape index (κ1) is 21.6. The summed E-state index contributed by atoms with van der Waals surface area (Å²) in [7, 11) is 1.90. The van der Waals surface area contributed by atoms with Crippen LogP contribution < -0.4 is 4.90 Å². The molecule has 0 aliphatic carbocycles. The highest BCUT2D eigenvalue weighted by Gasteiger charge is 2.36. The minimum absolute atomic E-state index is 0.0290. The van der Waals surface area contributed by atoms with Crippen molar-refractivity contribution in [3.05, 3.63) is 65.8 Å². The number of fused-ring (bicyclic) bond motifs is 1. The summed E-state index contributed by atoms with van der Waals surface area (Å²) in [4.78, 5) is 19.8. The summed E-state index contributed by atoms with van der Waals surface area (Å²) in [6, 6.07) is 9.96. The molecule has 1 aliphatic rings. The summed E-state index contributed by atoms with van der Waals surface area (Å²) in [5.74, 6) is 1.78. The molecule has 1 aliphatic heterocycles. The molecule has 33 heavy (non-hydrogen) atoms. The summed E-state index contributed by atoms with van der Waals surface area (Å²) < 4.78 is 3.62. The lowest BCUT2D eigenvalue weighted by atomic mass is 9.80. The third kappa shape index (κ3) is 4.25. The number of carbonyl (C=O) groups excluding carboxylic acids is 1. The first-order valence-corrected chi connectivity index (χ1v) is 11.6. The highest BCUT2D eigenvalue weighted by atomic mass is 35.5. The molecule has 0 radical (unpaired) electrons. The number of aryl methyl sites for hydroxylation is 1. The van der Waals surface area contributed by atoms with Crippen LogP contribution >= 0.6 is 11.6 Å². The number of nitrogens with zero attached hydrogens (tertiary/aromatic N) is 6. The van der Waals surface area contributed by atoms with E-state index >= 15 is 0 Å². The van der Waals surface area contributed by atoms with E-state index in [2.05, 4.69) is 40.0 Å². The molecule has 4 aromatic rings. The van der Waals surface area contributed by atoms with Gasteiger partial charge < -0.3 is 4.90 Å². The van der Waals surface area contributed by atoms with Crippen LogP contribution in [0.15, 0.2) is 55.2 Å². The average Bonchev–Trinajstić information content (AvgIpc) is 3.38. The lowest BCUT2D eigenvalue weighted by molar-refractivity contribution is -0.124. The second kappa shape index (κ2) is 8.63. The van der Waals surface area contributed by atoms with E-state index in [4.69, 9.17) is 11.6 Å². The molecule has 1 aromatic carbocycles. The van der Waals surface area contributed by atoms with E-state index in [0.717, 1.165) is 27.5 Å². The molecule has 0 unspecified atom stereocenters. The first-order valence-electron chi connectivity index (χ1n) is 11.2. The molecule has 0 bridgehead atoms. The standard InChI is InChI=1S/C25H27ClN6O/c1-16(2)22(17-4-6-21(26)7-5-17)9-24(33)20-12-31(13-20)25-23-8-18(14-32(23)29-15-27-25)19-10-28-30(3)11-19/h4-8,10-11,14-16,20,22H,9,12-13H2,1-3H3/t22-/m0/s1. The van der Waals surface area contributed by atoms with Crippen molar-refractivity contribution in [3.8, 4) is 11.1 Å². The summed E-state index contributed by atoms with van der Waals surface area (Å²) >= 11 is 6.05. The number of aromatic nitrogens is 5. The van der Waals surface area contributed by atoms with Crippen molar-refractivity contribution < 1.29 is 4.79 Å². The lowest BCUT2D eigenvalue weighted by Gasteiger charge is -2.40. The zero-order valence-electron chi connectivity index (χ0n) is 19.0. The number of anilines is 1. The Hall–Kier alpha value is -3.19. The number of Topliss-reactive ketones (excluding diaryl/α,β-unsaturated/α-hetero) is 1. The highest BCUT2D eigenvalue weighted by molar-refractivity contribution is 6.30. The largest absolute Gasteiger partial charge is 0.353 e. The number of hydrogen-bond donors (Lipinski definition) is 0. The maximum Gasteiger partial charge on any atom is 0.156 e. The van der Waals surface area contributed by atoms with Crippen LogP contribution in [-0.4, -0.2) is 43.3 Å². The van der Waals surface area contributed by atoms with Crippen LogP contribution in [0.5, 0.6) is 0 Å². The normalized spacial score (nSPS) is 15.2. The molecule has 3 aromatic heterocycles. The van der Waals surface area contributed by atoms with Gasteiger partial charge in [-0.25, -0.2) is 9.50 Å². The molecule has 5 rings (SSSR count). The molecule has 0 saturated carbocycles. The number of carbonyl (C=O) groups is 1. The topological polar surface area (TPSA) is 68.3 Å². The SMILES string of the molecule is CC(C)[C@H](CC(=O)C1CN(c2ncnn3cc(-c4cnn(C)c4)cc23)C1)c1ccc(Cl)cc1. The molecule has 8 heteroatoms. The van der Waals surface area contributed by atoms with Crippen LogP contribution in [-0.2, 0) is 11.8 Å². The number of rotatable bonds is 7.